The molecule has 0 aromatic heterocycles. The maximum absolute atomic E-state index is 14.2. The number of nitrogens with two attached hydrogens (primary N) is 1. The topological polar surface area (TPSA) is 125 Å². The van der Waals surface area contributed by atoms with Crippen LogP contribution in [0.2, 0.25) is 0 Å². The van der Waals surface area contributed by atoms with Crippen LogP contribution in [0.4, 0.5) is 0 Å². The third-order valence-electron chi connectivity index (χ3n) is 14.0. The highest BCUT2D eigenvalue weighted by Gasteiger charge is 2.71. The Balaban J connectivity index is 1.49. The van der Waals surface area contributed by atoms with Crippen LogP contribution in [0.3, 0.4) is 0 Å². The number of fused-ring (bicyclic) bond motifs is 5. The molecule has 11 atom stereocenters. The van der Waals surface area contributed by atoms with Crippen LogP contribution in [-0.4, -0.2) is 47.4 Å². The maximum Gasteiger partial charge on any atom is 0.334 e. The molecule has 0 radical (unpaired) electrons. The number of esters is 3. The van der Waals surface area contributed by atoms with Gasteiger partial charge in [-0.1, -0.05) is 83.5 Å². The lowest BCUT2D eigenvalue weighted by atomic mass is 9.36. The minimum absolute atomic E-state index is 0.0150. The predicted octanol–water partition coefficient (Wildman–Crippen LogP) is 8.25. The van der Waals surface area contributed by atoms with Gasteiger partial charge in [0, 0.05) is 12.5 Å². The Hall–Kier alpha value is -2.97. The molecule has 0 amide bonds. The minimum Gasteiger partial charge on any atom is -0.461 e. The molecule has 1 aromatic carbocycles. The van der Waals surface area contributed by atoms with E-state index in [0.717, 1.165) is 36.8 Å². The van der Waals surface area contributed by atoms with E-state index in [1.807, 2.05) is 44.2 Å². The van der Waals surface area contributed by atoms with Crippen LogP contribution in [0, 0.1) is 45.8 Å². The van der Waals surface area contributed by atoms with E-state index in [9.17, 15) is 19.5 Å². The standard InChI is InChI=1S/C44H65NO7/c1-26(2)14-13-17-31(40(48)50-25-30-15-11-10-12-16-30)38-33-23-35(47)39-42(7)20-19-36(52-41(49)34(45)22-27(3)4)28(5)32(42)18-21-43(39,8)44(33,9)24-37(38)51-29(6)46/h10-12,14-16,27-28,32-37,39,47H,13,17-25,45H2,1-9H3/b38-31-/t28-,32-,33-,34?,35+,36+,37-,39-,42-,43-,44-/m0/s1. The Morgan fingerprint density at radius 1 is 1.00 bits per heavy atom. The molecule has 3 N–H and O–H groups in total. The van der Waals surface area contributed by atoms with Crippen LogP contribution in [0.15, 0.2) is 53.1 Å². The molecule has 1 aromatic rings. The van der Waals surface area contributed by atoms with Crippen molar-refractivity contribution in [1.82, 2.24) is 0 Å². The zero-order chi connectivity index (χ0) is 38.2. The van der Waals surface area contributed by atoms with Crippen LogP contribution in [0.1, 0.15) is 126 Å². The highest BCUT2D eigenvalue weighted by molar-refractivity contribution is 5.90. The number of aliphatic hydroxyl groups is 1. The number of aliphatic hydroxyl groups excluding tert-OH is 1. The van der Waals surface area contributed by atoms with Crippen molar-refractivity contribution in [2.24, 2.45) is 51.6 Å². The van der Waals surface area contributed by atoms with E-state index in [2.05, 4.69) is 47.6 Å². The lowest BCUT2D eigenvalue weighted by molar-refractivity contribution is -0.236. The van der Waals surface area contributed by atoms with Crippen molar-refractivity contribution in [3.05, 3.63) is 58.7 Å². The van der Waals surface area contributed by atoms with E-state index in [0.29, 0.717) is 43.6 Å². The summed E-state index contributed by atoms with van der Waals surface area (Å²) in [6.45, 7) is 19.0. The summed E-state index contributed by atoms with van der Waals surface area (Å²) in [5, 5.41) is 12.4. The van der Waals surface area contributed by atoms with E-state index in [-0.39, 0.29) is 70.5 Å². The largest absolute Gasteiger partial charge is 0.461 e. The summed E-state index contributed by atoms with van der Waals surface area (Å²) >= 11 is 0. The van der Waals surface area contributed by atoms with E-state index in [1.54, 1.807) is 0 Å². The summed E-state index contributed by atoms with van der Waals surface area (Å²) in [5.41, 5.74) is 8.88. The second-order valence-corrected chi connectivity index (χ2v) is 18.0. The van der Waals surface area contributed by atoms with Crippen molar-refractivity contribution in [1.29, 1.82) is 0 Å². The number of allylic oxidation sites excluding steroid dienone is 2. The summed E-state index contributed by atoms with van der Waals surface area (Å²) < 4.78 is 18.3. The lowest BCUT2D eigenvalue weighted by Gasteiger charge is -2.69. The van der Waals surface area contributed by atoms with Crippen molar-refractivity contribution in [2.75, 3.05) is 0 Å². The van der Waals surface area contributed by atoms with E-state index < -0.39 is 18.2 Å². The first-order valence-corrected chi connectivity index (χ1v) is 19.8. The van der Waals surface area contributed by atoms with Crippen LogP contribution in [-0.2, 0) is 35.2 Å². The molecule has 1 unspecified atom stereocenters. The molecule has 5 rings (SSSR count). The summed E-state index contributed by atoms with van der Waals surface area (Å²) in [5.74, 6) is -0.536. The van der Waals surface area contributed by atoms with Gasteiger partial charge in [-0.25, -0.2) is 4.79 Å². The van der Waals surface area contributed by atoms with Crippen molar-refractivity contribution >= 4 is 17.9 Å². The molecule has 8 heteroatoms. The fourth-order valence-electron chi connectivity index (χ4n) is 11.6. The number of hydrogen-bond acceptors (Lipinski definition) is 8. The van der Waals surface area contributed by atoms with Gasteiger partial charge in [-0.15, -0.1) is 0 Å². The van der Waals surface area contributed by atoms with Gasteiger partial charge < -0.3 is 25.1 Å². The zero-order valence-corrected chi connectivity index (χ0v) is 33.2. The van der Waals surface area contributed by atoms with Gasteiger partial charge in [-0.3, -0.25) is 9.59 Å². The molecule has 8 nitrogen and oxygen atoms in total. The molecular formula is C44H65NO7. The lowest BCUT2D eigenvalue weighted by Crippen LogP contribution is -2.65. The number of benzene rings is 1. The molecule has 0 spiro atoms. The fourth-order valence-corrected chi connectivity index (χ4v) is 11.6. The Kier molecular flexibility index (Phi) is 12.2. The average molecular weight is 720 g/mol. The molecule has 0 saturated heterocycles. The molecule has 4 aliphatic rings. The van der Waals surface area contributed by atoms with E-state index >= 15 is 0 Å². The smallest absolute Gasteiger partial charge is 0.334 e. The molecule has 0 aliphatic heterocycles. The molecule has 4 fully saturated rings. The van der Waals surface area contributed by atoms with Crippen molar-refractivity contribution in [3.63, 3.8) is 0 Å². The van der Waals surface area contributed by atoms with Gasteiger partial charge in [0.2, 0.25) is 0 Å². The van der Waals surface area contributed by atoms with Gasteiger partial charge in [0.05, 0.1) is 6.10 Å². The Morgan fingerprint density at radius 2 is 1.69 bits per heavy atom. The molecule has 4 saturated carbocycles. The highest BCUT2D eigenvalue weighted by atomic mass is 16.6. The van der Waals surface area contributed by atoms with E-state index in [1.165, 1.54) is 12.5 Å². The van der Waals surface area contributed by atoms with E-state index in [4.69, 9.17) is 19.9 Å². The Bertz CT molecular complexity index is 1530. The summed E-state index contributed by atoms with van der Waals surface area (Å²) in [7, 11) is 0. The molecule has 288 valence electrons. The first kappa shape index (κ1) is 40.2. The molecular weight excluding hydrogens is 654 g/mol. The number of hydrogen-bond donors (Lipinski definition) is 2. The van der Waals surface area contributed by atoms with Crippen molar-refractivity contribution in [3.8, 4) is 0 Å². The first-order chi connectivity index (χ1) is 24.4. The van der Waals surface area contributed by atoms with Crippen LogP contribution >= 0.6 is 0 Å². The summed E-state index contributed by atoms with van der Waals surface area (Å²) in [6.07, 6.45) is 6.93. The number of ether oxygens (including phenoxy) is 3. The summed E-state index contributed by atoms with van der Waals surface area (Å²) in [4.78, 5) is 39.9. The van der Waals surface area contributed by atoms with Gasteiger partial charge in [0.15, 0.2) is 0 Å². The quantitative estimate of drug-likeness (QED) is 0.101. The van der Waals surface area contributed by atoms with Gasteiger partial charge in [0.1, 0.15) is 24.9 Å². The average Bonchev–Trinajstić information content (AvgIpc) is 3.34. The Morgan fingerprint density at radius 3 is 2.33 bits per heavy atom. The minimum atomic E-state index is -0.621. The Labute approximate surface area is 312 Å². The maximum atomic E-state index is 14.2. The van der Waals surface area contributed by atoms with Crippen LogP contribution in [0.5, 0.6) is 0 Å². The van der Waals surface area contributed by atoms with Gasteiger partial charge in [-0.05, 0) is 129 Å². The zero-order valence-electron chi connectivity index (χ0n) is 33.2. The first-order valence-electron chi connectivity index (χ1n) is 19.8. The molecule has 0 heterocycles. The highest BCUT2D eigenvalue weighted by Crippen LogP contribution is 2.74. The van der Waals surface area contributed by atoms with Crippen molar-refractivity contribution in [2.45, 2.75) is 151 Å². The van der Waals surface area contributed by atoms with Gasteiger partial charge in [-0.2, -0.15) is 0 Å². The SMILES string of the molecule is CC(=O)O[C@H]1C[C@@]2(C)[C@@H](C[C@@H](O)[C@H]3[C@@]4(C)CC[C@@H](OC(=O)C(N)CC(C)C)[C@@H](C)[C@@H]4CC[C@@]32C)/C1=C(\CCC=C(C)C)C(=O)OCc1ccccc1. The third kappa shape index (κ3) is 7.66. The molecule has 52 heavy (non-hydrogen) atoms. The second-order valence-electron chi connectivity index (χ2n) is 18.0. The van der Waals surface area contributed by atoms with Gasteiger partial charge in [0.25, 0.3) is 0 Å². The predicted molar refractivity (Wildman–Crippen MR) is 202 cm³/mol. The van der Waals surface area contributed by atoms with Crippen molar-refractivity contribution < 1.29 is 33.7 Å². The fraction of sp³-hybridized carbons (Fsp3) is 0.705. The third-order valence-corrected chi connectivity index (χ3v) is 14.0. The second kappa shape index (κ2) is 15.8. The summed E-state index contributed by atoms with van der Waals surface area (Å²) in [6, 6.07) is 9.04. The number of carbonyl (C=O) groups excluding carboxylic acids is 3. The molecule has 4 aliphatic carbocycles. The number of rotatable bonds is 11. The van der Waals surface area contributed by atoms with Crippen LogP contribution in [0.25, 0.3) is 0 Å². The normalized spacial score (nSPS) is 36.8. The van der Waals surface area contributed by atoms with Crippen LogP contribution < -0.4 is 5.73 Å². The number of carbonyl (C=O) groups is 3. The van der Waals surface area contributed by atoms with Gasteiger partial charge >= 0.3 is 17.9 Å². The monoisotopic (exact) mass is 719 g/mol. The molecule has 0 bridgehead atoms.